The fourth-order valence-corrected chi connectivity index (χ4v) is 2.28. The summed E-state index contributed by atoms with van der Waals surface area (Å²) in [5.74, 6) is 1.02. The molecule has 1 rings (SSSR count). The minimum Gasteiger partial charge on any atom is -0.488 e. The van der Waals surface area contributed by atoms with Gasteiger partial charge in [0, 0.05) is 0 Å². The normalized spacial score (nSPS) is 10.7. The maximum Gasteiger partial charge on any atom is 0.222 e. The van der Waals surface area contributed by atoms with Crippen molar-refractivity contribution in [3.63, 3.8) is 0 Å². The third kappa shape index (κ3) is 8.38. The van der Waals surface area contributed by atoms with Crippen LogP contribution in [0.25, 0.3) is 0 Å². The summed E-state index contributed by atoms with van der Waals surface area (Å²) in [6, 6.07) is 0. The number of nitrogens with zero attached hydrogens (tertiary/aromatic N) is 2. The quantitative estimate of drug-likeness (QED) is 0.570. The fraction of sp³-hybridized carbons (Fsp3) is 0.750. The molecular formula is C16H30N4O. The second kappa shape index (κ2) is 11.2. The molecule has 5 heteroatoms. The summed E-state index contributed by atoms with van der Waals surface area (Å²) in [7, 11) is 0. The smallest absolute Gasteiger partial charge is 0.222 e. The first kappa shape index (κ1) is 17.5. The van der Waals surface area contributed by atoms with Gasteiger partial charge in [0.2, 0.25) is 5.95 Å². The Kier molecular flexibility index (Phi) is 9.33. The molecule has 0 saturated carbocycles. The van der Waals surface area contributed by atoms with Crippen LogP contribution in [0.4, 0.5) is 11.8 Å². The van der Waals surface area contributed by atoms with E-state index in [-0.39, 0.29) is 5.95 Å². The lowest BCUT2D eigenvalue weighted by Crippen LogP contribution is -2.05. The Morgan fingerprint density at radius 3 is 2.05 bits per heavy atom. The van der Waals surface area contributed by atoms with E-state index >= 15 is 0 Å². The Morgan fingerprint density at radius 2 is 1.48 bits per heavy atom. The van der Waals surface area contributed by atoms with Crippen LogP contribution >= 0.6 is 0 Å². The SMILES string of the molecule is CCCCCCCCCCCCOc1cnc(N)nc1N. The fourth-order valence-electron chi connectivity index (χ4n) is 2.28. The van der Waals surface area contributed by atoms with Crippen LogP contribution in [0.3, 0.4) is 0 Å². The van der Waals surface area contributed by atoms with Crippen molar-refractivity contribution < 1.29 is 4.74 Å². The van der Waals surface area contributed by atoms with E-state index in [4.69, 9.17) is 16.2 Å². The monoisotopic (exact) mass is 294 g/mol. The molecule has 0 fully saturated rings. The molecule has 0 aliphatic carbocycles. The highest BCUT2D eigenvalue weighted by molar-refractivity contribution is 5.46. The van der Waals surface area contributed by atoms with Crippen molar-refractivity contribution in [1.29, 1.82) is 0 Å². The van der Waals surface area contributed by atoms with Gasteiger partial charge in [0.1, 0.15) is 0 Å². The Hall–Kier alpha value is -1.52. The van der Waals surface area contributed by atoms with Crippen molar-refractivity contribution in [3.05, 3.63) is 6.20 Å². The molecule has 1 aromatic rings. The summed E-state index contributed by atoms with van der Waals surface area (Å²) in [5.41, 5.74) is 11.1. The second-order valence-corrected chi connectivity index (χ2v) is 5.51. The number of nitrogens with two attached hydrogens (primary N) is 2. The van der Waals surface area contributed by atoms with Gasteiger partial charge in [-0.3, -0.25) is 0 Å². The highest BCUT2D eigenvalue weighted by atomic mass is 16.5. The first-order chi connectivity index (χ1) is 10.2. The zero-order valence-electron chi connectivity index (χ0n) is 13.3. The lowest BCUT2D eigenvalue weighted by molar-refractivity contribution is 0.304. The van der Waals surface area contributed by atoms with E-state index in [1.54, 1.807) is 0 Å². The summed E-state index contributed by atoms with van der Waals surface area (Å²) < 4.78 is 5.56. The lowest BCUT2D eigenvalue weighted by atomic mass is 10.1. The van der Waals surface area contributed by atoms with Crippen LogP contribution in [0.15, 0.2) is 6.20 Å². The van der Waals surface area contributed by atoms with Crippen LogP contribution in [0.2, 0.25) is 0 Å². The van der Waals surface area contributed by atoms with E-state index < -0.39 is 0 Å². The maximum atomic E-state index is 5.70. The van der Waals surface area contributed by atoms with Crippen molar-refractivity contribution in [1.82, 2.24) is 9.97 Å². The van der Waals surface area contributed by atoms with Crippen LogP contribution in [0.1, 0.15) is 71.1 Å². The molecule has 5 nitrogen and oxygen atoms in total. The molecule has 0 spiro atoms. The van der Waals surface area contributed by atoms with Crippen LogP contribution in [-0.2, 0) is 0 Å². The van der Waals surface area contributed by atoms with Crippen molar-refractivity contribution in [2.45, 2.75) is 71.1 Å². The highest BCUT2D eigenvalue weighted by Gasteiger charge is 2.02. The summed E-state index contributed by atoms with van der Waals surface area (Å²) in [6.45, 7) is 2.92. The van der Waals surface area contributed by atoms with Gasteiger partial charge in [-0.1, -0.05) is 64.7 Å². The van der Waals surface area contributed by atoms with Gasteiger partial charge >= 0.3 is 0 Å². The average Bonchev–Trinajstić information content (AvgIpc) is 2.46. The van der Waals surface area contributed by atoms with E-state index in [1.165, 1.54) is 64.0 Å². The maximum absolute atomic E-state index is 5.70. The molecule has 21 heavy (non-hydrogen) atoms. The summed E-state index contributed by atoms with van der Waals surface area (Å²) in [4.78, 5) is 7.73. The largest absolute Gasteiger partial charge is 0.488 e. The van der Waals surface area contributed by atoms with Crippen molar-refractivity contribution in [2.75, 3.05) is 18.1 Å². The Balaban J connectivity index is 1.93. The van der Waals surface area contributed by atoms with E-state index in [0.717, 1.165) is 6.42 Å². The van der Waals surface area contributed by atoms with Gasteiger partial charge in [0.15, 0.2) is 11.6 Å². The number of anilines is 2. The third-order valence-corrected chi connectivity index (χ3v) is 3.56. The van der Waals surface area contributed by atoms with Crippen molar-refractivity contribution >= 4 is 11.8 Å². The molecule has 0 saturated heterocycles. The molecule has 0 atom stereocenters. The Bertz CT molecular complexity index is 385. The zero-order valence-corrected chi connectivity index (χ0v) is 13.3. The number of hydrogen-bond donors (Lipinski definition) is 2. The predicted molar refractivity (Wildman–Crippen MR) is 88.2 cm³/mol. The molecule has 0 amide bonds. The molecule has 0 unspecified atom stereocenters. The molecule has 0 radical (unpaired) electrons. The van der Waals surface area contributed by atoms with Crippen LogP contribution in [0.5, 0.6) is 5.75 Å². The summed E-state index contributed by atoms with van der Waals surface area (Å²) in [5, 5.41) is 0. The number of unbranched alkanes of at least 4 members (excludes halogenated alkanes) is 9. The first-order valence-electron chi connectivity index (χ1n) is 8.24. The lowest BCUT2D eigenvalue weighted by Gasteiger charge is -2.07. The standard InChI is InChI=1S/C16H30N4O/c1-2-3-4-5-6-7-8-9-10-11-12-21-14-13-19-16(18)20-15(14)17/h13H,2-12H2,1H3,(H4,17,18,19,20). The molecule has 1 heterocycles. The van der Waals surface area contributed by atoms with E-state index in [9.17, 15) is 0 Å². The Labute approximate surface area is 128 Å². The van der Waals surface area contributed by atoms with Crippen LogP contribution in [-0.4, -0.2) is 16.6 Å². The average molecular weight is 294 g/mol. The van der Waals surface area contributed by atoms with Gasteiger partial charge < -0.3 is 16.2 Å². The summed E-state index contributed by atoms with van der Waals surface area (Å²) >= 11 is 0. The van der Waals surface area contributed by atoms with Crippen LogP contribution in [0, 0.1) is 0 Å². The highest BCUT2D eigenvalue weighted by Crippen LogP contribution is 2.18. The molecule has 120 valence electrons. The molecule has 0 aliphatic rings. The van der Waals surface area contributed by atoms with Gasteiger partial charge in [0.25, 0.3) is 0 Å². The topological polar surface area (TPSA) is 87.0 Å². The van der Waals surface area contributed by atoms with Gasteiger partial charge in [0.05, 0.1) is 12.8 Å². The van der Waals surface area contributed by atoms with Gasteiger partial charge in [-0.25, -0.2) is 4.98 Å². The molecule has 1 aromatic heterocycles. The Morgan fingerprint density at radius 1 is 0.905 bits per heavy atom. The van der Waals surface area contributed by atoms with Crippen molar-refractivity contribution in [3.8, 4) is 5.75 Å². The number of ether oxygens (including phenoxy) is 1. The molecular weight excluding hydrogens is 264 g/mol. The molecule has 4 N–H and O–H groups in total. The number of nitrogen functional groups attached to an aromatic ring is 2. The number of aromatic nitrogens is 2. The molecule has 0 bridgehead atoms. The summed E-state index contributed by atoms with van der Waals surface area (Å²) in [6.07, 6.45) is 14.6. The zero-order chi connectivity index (χ0) is 15.3. The molecule has 0 aromatic carbocycles. The number of hydrogen-bond acceptors (Lipinski definition) is 5. The van der Waals surface area contributed by atoms with E-state index in [1.807, 2.05) is 0 Å². The van der Waals surface area contributed by atoms with Gasteiger partial charge in [-0.05, 0) is 6.42 Å². The molecule has 0 aliphatic heterocycles. The first-order valence-corrected chi connectivity index (χ1v) is 8.24. The van der Waals surface area contributed by atoms with E-state index in [0.29, 0.717) is 18.2 Å². The minimum atomic E-state index is 0.179. The third-order valence-electron chi connectivity index (χ3n) is 3.56. The second-order valence-electron chi connectivity index (χ2n) is 5.51. The van der Waals surface area contributed by atoms with Gasteiger partial charge in [-0.15, -0.1) is 0 Å². The predicted octanol–water partition coefficient (Wildman–Crippen LogP) is 3.94. The van der Waals surface area contributed by atoms with E-state index in [2.05, 4.69) is 16.9 Å². The van der Waals surface area contributed by atoms with Gasteiger partial charge in [-0.2, -0.15) is 4.98 Å². The van der Waals surface area contributed by atoms with Crippen molar-refractivity contribution in [2.24, 2.45) is 0 Å². The van der Waals surface area contributed by atoms with Crippen LogP contribution < -0.4 is 16.2 Å². The minimum absolute atomic E-state index is 0.179. The number of rotatable bonds is 12.